The Balaban J connectivity index is 2.30. The summed E-state index contributed by atoms with van der Waals surface area (Å²) in [5.41, 5.74) is 7.81. The van der Waals surface area contributed by atoms with Gasteiger partial charge in [0.1, 0.15) is 4.99 Å². The molecule has 1 aliphatic heterocycles. The second-order valence-corrected chi connectivity index (χ2v) is 8.05. The number of nitrogens with zero attached hydrogens (tertiary/aromatic N) is 1. The Labute approximate surface area is 129 Å². The molecule has 104 valence electrons. The van der Waals surface area contributed by atoms with Crippen LogP contribution in [0.1, 0.15) is 25.8 Å². The number of nitrogens with two attached hydrogens (primary N) is 1. The molecule has 1 aromatic rings. The molecule has 0 aromatic heterocycles. The summed E-state index contributed by atoms with van der Waals surface area (Å²) in [6.07, 6.45) is 1.14. The summed E-state index contributed by atoms with van der Waals surface area (Å²) in [6, 6.07) is 5.73. The summed E-state index contributed by atoms with van der Waals surface area (Å²) in [7, 11) is 0. The first kappa shape index (κ1) is 14.9. The van der Waals surface area contributed by atoms with Gasteiger partial charge < -0.3 is 10.6 Å². The molecule has 0 radical (unpaired) electrons. The summed E-state index contributed by atoms with van der Waals surface area (Å²) in [5.74, 6) is 1.11. The van der Waals surface area contributed by atoms with Crippen LogP contribution in [0.2, 0.25) is 5.02 Å². The van der Waals surface area contributed by atoms with Crippen molar-refractivity contribution in [1.82, 2.24) is 0 Å². The van der Waals surface area contributed by atoms with Gasteiger partial charge >= 0.3 is 0 Å². The van der Waals surface area contributed by atoms with E-state index in [2.05, 4.69) is 18.7 Å². The van der Waals surface area contributed by atoms with E-state index < -0.39 is 0 Å². The Hall–Kier alpha value is -0.450. The number of benzene rings is 1. The van der Waals surface area contributed by atoms with Gasteiger partial charge in [0.2, 0.25) is 0 Å². The molecule has 0 aliphatic carbocycles. The van der Waals surface area contributed by atoms with Crippen molar-refractivity contribution < 1.29 is 0 Å². The lowest BCUT2D eigenvalue weighted by Gasteiger charge is -2.26. The molecule has 2 nitrogen and oxygen atoms in total. The van der Waals surface area contributed by atoms with Crippen LogP contribution in [0.25, 0.3) is 0 Å². The van der Waals surface area contributed by atoms with Crippen molar-refractivity contribution >= 4 is 46.3 Å². The number of hydrogen-bond acceptors (Lipinski definition) is 3. The summed E-state index contributed by atoms with van der Waals surface area (Å²) >= 11 is 13.3. The molecule has 1 aliphatic rings. The summed E-state index contributed by atoms with van der Waals surface area (Å²) < 4.78 is 0.330. The third-order valence-electron chi connectivity index (χ3n) is 3.40. The molecular weight excluding hydrogens is 296 g/mol. The normalized spacial score (nSPS) is 19.0. The van der Waals surface area contributed by atoms with E-state index in [1.54, 1.807) is 0 Å². The molecular formula is C14H19ClN2S2. The predicted molar refractivity (Wildman–Crippen MR) is 90.7 cm³/mol. The van der Waals surface area contributed by atoms with Crippen LogP contribution < -0.4 is 10.6 Å². The van der Waals surface area contributed by atoms with Crippen molar-refractivity contribution in [2.75, 3.05) is 23.7 Å². The molecule has 2 rings (SSSR count). The zero-order valence-corrected chi connectivity index (χ0v) is 13.7. The highest BCUT2D eigenvalue weighted by Crippen LogP contribution is 2.34. The fourth-order valence-corrected chi connectivity index (χ4v) is 3.67. The summed E-state index contributed by atoms with van der Waals surface area (Å²) in [6.45, 7) is 6.61. The Kier molecular flexibility index (Phi) is 4.64. The molecule has 1 saturated heterocycles. The van der Waals surface area contributed by atoms with E-state index in [-0.39, 0.29) is 0 Å². The van der Waals surface area contributed by atoms with E-state index in [0.717, 1.165) is 41.5 Å². The highest BCUT2D eigenvalue weighted by molar-refractivity contribution is 8.00. The SMILES string of the molecule is CC1(C)CCN(c2cc(Cl)ccc2C(N)=S)CCS1. The van der Waals surface area contributed by atoms with Gasteiger partial charge in [-0.25, -0.2) is 0 Å². The van der Waals surface area contributed by atoms with Gasteiger partial charge in [-0.05, 0) is 24.6 Å². The van der Waals surface area contributed by atoms with E-state index in [0.29, 0.717) is 9.74 Å². The van der Waals surface area contributed by atoms with E-state index in [4.69, 9.17) is 29.6 Å². The van der Waals surface area contributed by atoms with Crippen LogP contribution in [0.5, 0.6) is 0 Å². The quantitative estimate of drug-likeness (QED) is 0.843. The third-order valence-corrected chi connectivity index (χ3v) is 5.23. The van der Waals surface area contributed by atoms with Crippen LogP contribution in [0.15, 0.2) is 18.2 Å². The largest absolute Gasteiger partial charge is 0.389 e. The minimum Gasteiger partial charge on any atom is -0.389 e. The average Bonchev–Trinajstić information content (AvgIpc) is 2.49. The van der Waals surface area contributed by atoms with Crippen LogP contribution >= 0.6 is 35.6 Å². The molecule has 5 heteroatoms. The molecule has 2 N–H and O–H groups in total. The number of hydrogen-bond donors (Lipinski definition) is 1. The first-order valence-electron chi connectivity index (χ1n) is 6.37. The maximum Gasteiger partial charge on any atom is 0.106 e. The average molecular weight is 315 g/mol. The zero-order chi connectivity index (χ0) is 14.0. The van der Waals surface area contributed by atoms with E-state index in [1.807, 2.05) is 30.0 Å². The van der Waals surface area contributed by atoms with Crippen LogP contribution in [-0.2, 0) is 0 Å². The van der Waals surface area contributed by atoms with Gasteiger partial charge in [-0.15, -0.1) is 0 Å². The monoisotopic (exact) mass is 314 g/mol. The van der Waals surface area contributed by atoms with Gasteiger partial charge in [0.15, 0.2) is 0 Å². The van der Waals surface area contributed by atoms with Crippen molar-refractivity contribution in [2.24, 2.45) is 5.73 Å². The zero-order valence-electron chi connectivity index (χ0n) is 11.3. The summed E-state index contributed by atoms with van der Waals surface area (Å²) in [5, 5.41) is 0.728. The lowest BCUT2D eigenvalue weighted by Crippen LogP contribution is -2.29. The molecule has 1 aromatic carbocycles. The highest BCUT2D eigenvalue weighted by atomic mass is 35.5. The number of halogens is 1. The smallest absolute Gasteiger partial charge is 0.106 e. The van der Waals surface area contributed by atoms with Crippen molar-refractivity contribution in [1.29, 1.82) is 0 Å². The topological polar surface area (TPSA) is 29.3 Å². The van der Waals surface area contributed by atoms with Gasteiger partial charge in [-0.2, -0.15) is 11.8 Å². The number of thiocarbonyl (C=S) groups is 1. The first-order valence-corrected chi connectivity index (χ1v) is 8.14. The van der Waals surface area contributed by atoms with Gasteiger partial charge in [0, 0.05) is 39.9 Å². The number of rotatable bonds is 2. The Morgan fingerprint density at radius 3 is 2.84 bits per heavy atom. The van der Waals surface area contributed by atoms with Crippen molar-refractivity contribution in [3.63, 3.8) is 0 Å². The molecule has 1 fully saturated rings. The fourth-order valence-electron chi connectivity index (χ4n) is 2.24. The predicted octanol–water partition coefficient (Wildman–Crippen LogP) is 3.70. The highest BCUT2D eigenvalue weighted by Gasteiger charge is 2.25. The van der Waals surface area contributed by atoms with Crippen LogP contribution in [0, 0.1) is 0 Å². The van der Waals surface area contributed by atoms with E-state index >= 15 is 0 Å². The molecule has 0 unspecified atom stereocenters. The lowest BCUT2D eigenvalue weighted by atomic mass is 10.1. The Morgan fingerprint density at radius 1 is 1.42 bits per heavy atom. The molecule has 0 atom stereocenters. The molecule has 1 heterocycles. The maximum atomic E-state index is 6.12. The van der Waals surface area contributed by atoms with Crippen LogP contribution in [0.3, 0.4) is 0 Å². The Bertz CT molecular complexity index is 488. The number of thioether (sulfide) groups is 1. The van der Waals surface area contributed by atoms with E-state index in [9.17, 15) is 0 Å². The fraction of sp³-hybridized carbons (Fsp3) is 0.500. The second kappa shape index (κ2) is 5.90. The number of anilines is 1. The Morgan fingerprint density at radius 2 is 2.16 bits per heavy atom. The molecule has 0 saturated carbocycles. The van der Waals surface area contributed by atoms with Gasteiger partial charge in [0.25, 0.3) is 0 Å². The molecule has 19 heavy (non-hydrogen) atoms. The van der Waals surface area contributed by atoms with Crippen molar-refractivity contribution in [3.8, 4) is 0 Å². The second-order valence-electron chi connectivity index (χ2n) is 5.37. The molecule has 0 amide bonds. The van der Waals surface area contributed by atoms with E-state index in [1.165, 1.54) is 0 Å². The van der Waals surface area contributed by atoms with Crippen LogP contribution in [-0.4, -0.2) is 28.6 Å². The minimum absolute atomic E-state index is 0.330. The standard InChI is InChI=1S/C14H19ClN2S2/c1-14(2)5-6-17(7-8-19-14)12-9-10(15)3-4-11(12)13(16)18/h3-4,9H,5-8H2,1-2H3,(H2,16,18). The van der Waals surface area contributed by atoms with Crippen LogP contribution in [0.4, 0.5) is 5.69 Å². The van der Waals surface area contributed by atoms with Gasteiger partial charge in [0.05, 0.1) is 0 Å². The summed E-state index contributed by atoms with van der Waals surface area (Å²) in [4.78, 5) is 2.78. The van der Waals surface area contributed by atoms with Gasteiger partial charge in [-0.1, -0.05) is 37.7 Å². The van der Waals surface area contributed by atoms with Crippen molar-refractivity contribution in [3.05, 3.63) is 28.8 Å². The molecule has 0 spiro atoms. The third kappa shape index (κ3) is 3.77. The first-order chi connectivity index (χ1) is 8.89. The van der Waals surface area contributed by atoms with Gasteiger partial charge in [-0.3, -0.25) is 0 Å². The lowest BCUT2D eigenvalue weighted by molar-refractivity contribution is 0.637. The van der Waals surface area contributed by atoms with Crippen molar-refractivity contribution in [2.45, 2.75) is 25.0 Å². The maximum absolute atomic E-state index is 6.12. The minimum atomic E-state index is 0.330. The molecule has 0 bridgehead atoms.